The Balaban J connectivity index is 1.80. The summed E-state index contributed by atoms with van der Waals surface area (Å²) in [6.45, 7) is 6.36. The molecule has 2 heteroatoms. The maximum absolute atomic E-state index is 9.08. The number of aliphatic hydroxyl groups excluding tert-OH is 1. The maximum Gasteiger partial charge on any atom is 0.0471 e. The minimum atomic E-state index is 0.385. The van der Waals surface area contributed by atoms with Crippen molar-refractivity contribution >= 4 is 0 Å². The Morgan fingerprint density at radius 3 is 2.64 bits per heavy atom. The molecular formula is C12H23NO. The van der Waals surface area contributed by atoms with Crippen molar-refractivity contribution in [3.63, 3.8) is 0 Å². The van der Waals surface area contributed by atoms with Gasteiger partial charge in [0.05, 0.1) is 0 Å². The van der Waals surface area contributed by atoms with Gasteiger partial charge in [-0.1, -0.05) is 13.3 Å². The molecule has 1 saturated carbocycles. The van der Waals surface area contributed by atoms with Crippen LogP contribution >= 0.6 is 0 Å². The molecule has 1 N–H and O–H groups in total. The third-order valence-electron chi connectivity index (χ3n) is 4.35. The number of nitrogens with zero attached hydrogens (tertiary/aromatic N) is 1. The normalized spacial score (nSPS) is 31.7. The first-order valence-electron chi connectivity index (χ1n) is 6.11. The lowest BCUT2D eigenvalue weighted by molar-refractivity contribution is 0.0699. The summed E-state index contributed by atoms with van der Waals surface area (Å²) in [5.74, 6) is 0.559. The smallest absolute Gasteiger partial charge is 0.0471 e. The minimum Gasteiger partial charge on any atom is -0.396 e. The number of hydrogen-bond acceptors (Lipinski definition) is 2. The van der Waals surface area contributed by atoms with Gasteiger partial charge in [-0.15, -0.1) is 0 Å². The summed E-state index contributed by atoms with van der Waals surface area (Å²) in [4.78, 5) is 2.57. The second-order valence-electron chi connectivity index (χ2n) is 5.28. The summed E-state index contributed by atoms with van der Waals surface area (Å²) in [6, 6.07) is 0. The van der Waals surface area contributed by atoms with Crippen molar-refractivity contribution < 1.29 is 5.11 Å². The van der Waals surface area contributed by atoms with Gasteiger partial charge >= 0.3 is 0 Å². The molecule has 0 amide bonds. The Hall–Kier alpha value is -0.0800. The molecule has 2 nitrogen and oxygen atoms in total. The van der Waals surface area contributed by atoms with Crippen molar-refractivity contribution in [3.05, 3.63) is 0 Å². The lowest BCUT2D eigenvalue weighted by Gasteiger charge is -2.44. The van der Waals surface area contributed by atoms with E-state index in [2.05, 4.69) is 11.8 Å². The van der Waals surface area contributed by atoms with E-state index in [4.69, 9.17) is 5.11 Å². The van der Waals surface area contributed by atoms with E-state index in [1.165, 1.54) is 45.2 Å². The number of rotatable bonds is 4. The zero-order chi connectivity index (χ0) is 10.0. The van der Waals surface area contributed by atoms with Gasteiger partial charge < -0.3 is 10.0 Å². The molecule has 1 aliphatic heterocycles. The predicted octanol–water partition coefficient (Wildman–Crippen LogP) is 1.88. The lowest BCUT2D eigenvalue weighted by Crippen LogP contribution is -2.41. The van der Waals surface area contributed by atoms with E-state index in [0.717, 1.165) is 6.54 Å². The highest BCUT2D eigenvalue weighted by molar-refractivity contribution is 4.91. The van der Waals surface area contributed by atoms with Gasteiger partial charge in [-0.25, -0.2) is 0 Å². The van der Waals surface area contributed by atoms with E-state index in [1.54, 1.807) is 0 Å². The zero-order valence-electron chi connectivity index (χ0n) is 9.34. The molecule has 0 spiro atoms. The first-order chi connectivity index (χ1) is 6.78. The lowest BCUT2D eigenvalue weighted by atomic mass is 9.67. The third-order valence-corrected chi connectivity index (χ3v) is 4.35. The van der Waals surface area contributed by atoms with Crippen molar-refractivity contribution in [2.45, 2.75) is 39.0 Å². The molecule has 2 fully saturated rings. The highest BCUT2D eigenvalue weighted by atomic mass is 16.3. The van der Waals surface area contributed by atoms with Crippen molar-refractivity contribution in [3.8, 4) is 0 Å². The Bertz CT molecular complexity index is 183. The molecule has 1 atom stereocenters. The van der Waals surface area contributed by atoms with Crippen LogP contribution in [0.3, 0.4) is 0 Å². The van der Waals surface area contributed by atoms with Crippen LogP contribution in [0, 0.1) is 11.3 Å². The van der Waals surface area contributed by atoms with Crippen LogP contribution in [0.5, 0.6) is 0 Å². The maximum atomic E-state index is 9.08. The largest absolute Gasteiger partial charge is 0.396 e. The van der Waals surface area contributed by atoms with Gasteiger partial charge in [-0.3, -0.25) is 0 Å². The fraction of sp³-hybridized carbons (Fsp3) is 1.00. The average Bonchev–Trinajstić information content (AvgIpc) is 2.59. The third kappa shape index (κ3) is 1.96. The molecule has 0 bridgehead atoms. The van der Waals surface area contributed by atoms with Crippen LogP contribution in [0.15, 0.2) is 0 Å². The fourth-order valence-corrected chi connectivity index (χ4v) is 2.98. The van der Waals surface area contributed by atoms with E-state index >= 15 is 0 Å². The quantitative estimate of drug-likeness (QED) is 0.744. The van der Waals surface area contributed by atoms with E-state index in [0.29, 0.717) is 17.9 Å². The molecule has 0 aromatic rings. The molecule has 1 aliphatic carbocycles. The summed E-state index contributed by atoms with van der Waals surface area (Å²) >= 11 is 0. The molecule has 1 saturated heterocycles. The van der Waals surface area contributed by atoms with Crippen LogP contribution in [0.4, 0.5) is 0 Å². The molecule has 0 aromatic heterocycles. The first-order valence-corrected chi connectivity index (χ1v) is 6.11. The Morgan fingerprint density at radius 2 is 2.21 bits per heavy atom. The van der Waals surface area contributed by atoms with Crippen LogP contribution in [0.25, 0.3) is 0 Å². The Labute approximate surface area is 87.3 Å². The minimum absolute atomic E-state index is 0.385. The summed E-state index contributed by atoms with van der Waals surface area (Å²) in [5.41, 5.74) is 0.657. The van der Waals surface area contributed by atoms with E-state index in [-0.39, 0.29) is 0 Å². The van der Waals surface area contributed by atoms with Crippen LogP contribution in [-0.4, -0.2) is 36.2 Å². The highest BCUT2D eigenvalue weighted by Gasteiger charge is 2.38. The second kappa shape index (κ2) is 4.19. The standard InChI is InChI=1S/C12H23NO/c1-2-12(5-3-6-12)10-13-7-4-11(8-13)9-14/h11,14H,2-10H2,1H3. The van der Waals surface area contributed by atoms with Gasteiger partial charge in [0.1, 0.15) is 0 Å². The summed E-state index contributed by atoms with van der Waals surface area (Å²) in [5, 5.41) is 9.08. The molecule has 14 heavy (non-hydrogen) atoms. The molecule has 1 unspecified atom stereocenters. The highest BCUT2D eigenvalue weighted by Crippen LogP contribution is 2.44. The van der Waals surface area contributed by atoms with Crippen molar-refractivity contribution in [1.29, 1.82) is 0 Å². The van der Waals surface area contributed by atoms with Crippen molar-refractivity contribution in [2.24, 2.45) is 11.3 Å². The summed E-state index contributed by atoms with van der Waals surface area (Å²) in [7, 11) is 0. The molecule has 0 radical (unpaired) electrons. The molecule has 2 rings (SSSR count). The van der Waals surface area contributed by atoms with Gasteiger partial charge in [0.15, 0.2) is 0 Å². The van der Waals surface area contributed by atoms with Crippen LogP contribution in [0.1, 0.15) is 39.0 Å². The average molecular weight is 197 g/mol. The monoisotopic (exact) mass is 197 g/mol. The van der Waals surface area contributed by atoms with Gasteiger partial charge in [0.25, 0.3) is 0 Å². The van der Waals surface area contributed by atoms with Gasteiger partial charge in [-0.05, 0) is 43.6 Å². The predicted molar refractivity (Wildman–Crippen MR) is 58.2 cm³/mol. The van der Waals surface area contributed by atoms with Crippen molar-refractivity contribution in [2.75, 3.05) is 26.2 Å². The Morgan fingerprint density at radius 1 is 1.43 bits per heavy atom. The number of aliphatic hydroxyl groups is 1. The van der Waals surface area contributed by atoms with Crippen LogP contribution in [-0.2, 0) is 0 Å². The SMILES string of the molecule is CCC1(CN2CCC(CO)C2)CCC1. The van der Waals surface area contributed by atoms with E-state index < -0.39 is 0 Å². The summed E-state index contributed by atoms with van der Waals surface area (Å²) < 4.78 is 0. The zero-order valence-corrected chi connectivity index (χ0v) is 9.34. The van der Waals surface area contributed by atoms with E-state index in [1.807, 2.05) is 0 Å². The molecule has 82 valence electrons. The molecule has 1 heterocycles. The van der Waals surface area contributed by atoms with E-state index in [9.17, 15) is 0 Å². The number of hydrogen-bond donors (Lipinski definition) is 1. The fourth-order valence-electron chi connectivity index (χ4n) is 2.98. The first kappa shape index (κ1) is 10.4. The summed E-state index contributed by atoms with van der Waals surface area (Å²) in [6.07, 6.45) is 6.85. The Kier molecular flexibility index (Phi) is 3.13. The van der Waals surface area contributed by atoms with Crippen LogP contribution in [0.2, 0.25) is 0 Å². The second-order valence-corrected chi connectivity index (χ2v) is 5.28. The van der Waals surface area contributed by atoms with Gasteiger partial charge in [0, 0.05) is 19.7 Å². The molecular weight excluding hydrogens is 174 g/mol. The van der Waals surface area contributed by atoms with Crippen molar-refractivity contribution in [1.82, 2.24) is 4.90 Å². The van der Waals surface area contributed by atoms with Crippen LogP contribution < -0.4 is 0 Å². The van der Waals surface area contributed by atoms with Gasteiger partial charge in [-0.2, -0.15) is 0 Å². The molecule has 2 aliphatic rings. The topological polar surface area (TPSA) is 23.5 Å². The van der Waals surface area contributed by atoms with Gasteiger partial charge in [0.2, 0.25) is 0 Å². The number of likely N-dealkylation sites (tertiary alicyclic amines) is 1. The molecule has 0 aromatic carbocycles.